The average molecular weight is 212 g/mol. The molecule has 0 unspecified atom stereocenters. The summed E-state index contributed by atoms with van der Waals surface area (Å²) in [5, 5.41) is 2.69. The fourth-order valence-corrected chi connectivity index (χ4v) is 1.81. The van der Waals surface area contributed by atoms with Crippen LogP contribution in [0.15, 0.2) is 0 Å². The Morgan fingerprint density at radius 1 is 1.20 bits per heavy atom. The van der Waals surface area contributed by atoms with Crippen LogP contribution in [0.25, 0.3) is 0 Å². The first kappa shape index (κ1) is 12.0. The number of rotatable bonds is 4. The van der Waals surface area contributed by atoms with Crippen molar-refractivity contribution in [3.8, 4) is 0 Å². The largest absolute Gasteiger partial charge is 0.356 e. The predicted octanol–water partition coefficient (Wildman–Crippen LogP) is 0.915. The van der Waals surface area contributed by atoms with Crippen LogP contribution in [0, 0.1) is 0 Å². The van der Waals surface area contributed by atoms with Crippen molar-refractivity contribution in [3.05, 3.63) is 0 Å². The molecule has 2 amide bonds. The SMILES string of the molecule is CC(=O)NCCCC(=O)N1CCCCC1. The fourth-order valence-electron chi connectivity index (χ4n) is 1.81. The molecule has 1 aliphatic heterocycles. The van der Waals surface area contributed by atoms with Crippen molar-refractivity contribution < 1.29 is 9.59 Å². The Kier molecular flexibility index (Phi) is 5.15. The number of hydrogen-bond donors (Lipinski definition) is 1. The normalized spacial score (nSPS) is 16.2. The van der Waals surface area contributed by atoms with Crippen molar-refractivity contribution in [2.45, 2.75) is 39.0 Å². The van der Waals surface area contributed by atoms with Gasteiger partial charge in [0.1, 0.15) is 0 Å². The monoisotopic (exact) mass is 212 g/mol. The van der Waals surface area contributed by atoms with Crippen LogP contribution in [-0.2, 0) is 9.59 Å². The van der Waals surface area contributed by atoms with Gasteiger partial charge in [-0.05, 0) is 25.7 Å². The summed E-state index contributed by atoms with van der Waals surface area (Å²) in [7, 11) is 0. The molecule has 1 heterocycles. The number of amides is 2. The van der Waals surface area contributed by atoms with Crippen molar-refractivity contribution in [3.63, 3.8) is 0 Å². The van der Waals surface area contributed by atoms with Crippen molar-refractivity contribution in [1.29, 1.82) is 0 Å². The van der Waals surface area contributed by atoms with E-state index in [9.17, 15) is 9.59 Å². The first-order valence-electron chi connectivity index (χ1n) is 5.72. The lowest BCUT2D eigenvalue weighted by Gasteiger charge is -2.26. The summed E-state index contributed by atoms with van der Waals surface area (Å²) in [4.78, 5) is 24.2. The van der Waals surface area contributed by atoms with Crippen LogP contribution >= 0.6 is 0 Å². The summed E-state index contributed by atoms with van der Waals surface area (Å²) >= 11 is 0. The molecule has 0 aromatic carbocycles. The first-order valence-corrected chi connectivity index (χ1v) is 5.72. The van der Waals surface area contributed by atoms with Crippen molar-refractivity contribution >= 4 is 11.8 Å². The van der Waals surface area contributed by atoms with Crippen LogP contribution in [-0.4, -0.2) is 36.3 Å². The van der Waals surface area contributed by atoms with Gasteiger partial charge in [0.05, 0.1) is 0 Å². The maximum Gasteiger partial charge on any atom is 0.222 e. The van der Waals surface area contributed by atoms with Gasteiger partial charge in [-0.3, -0.25) is 9.59 Å². The van der Waals surface area contributed by atoms with Gasteiger partial charge in [0.15, 0.2) is 0 Å². The molecule has 0 saturated carbocycles. The highest BCUT2D eigenvalue weighted by atomic mass is 16.2. The minimum absolute atomic E-state index is 0.0274. The molecule has 0 aromatic rings. The Morgan fingerprint density at radius 3 is 2.47 bits per heavy atom. The van der Waals surface area contributed by atoms with Crippen LogP contribution in [0.3, 0.4) is 0 Å². The Hall–Kier alpha value is -1.06. The van der Waals surface area contributed by atoms with Gasteiger partial charge in [0.2, 0.25) is 11.8 Å². The van der Waals surface area contributed by atoms with E-state index in [0.29, 0.717) is 13.0 Å². The van der Waals surface area contributed by atoms with Gasteiger partial charge in [-0.2, -0.15) is 0 Å². The zero-order chi connectivity index (χ0) is 11.1. The van der Waals surface area contributed by atoms with Crippen molar-refractivity contribution in [2.24, 2.45) is 0 Å². The maximum atomic E-state index is 11.7. The van der Waals surface area contributed by atoms with E-state index in [1.807, 2.05) is 4.90 Å². The first-order chi connectivity index (χ1) is 7.20. The molecule has 1 N–H and O–H groups in total. The van der Waals surface area contributed by atoms with E-state index in [4.69, 9.17) is 0 Å². The Bertz CT molecular complexity index is 223. The molecule has 86 valence electrons. The molecule has 0 aliphatic carbocycles. The van der Waals surface area contributed by atoms with Gasteiger partial charge in [-0.15, -0.1) is 0 Å². The standard InChI is InChI=1S/C11H20N2O2/c1-10(14)12-7-5-6-11(15)13-8-3-2-4-9-13/h2-9H2,1H3,(H,12,14). The molecule has 4 nitrogen and oxygen atoms in total. The number of piperidine rings is 1. The molecule has 0 atom stereocenters. The van der Waals surface area contributed by atoms with E-state index in [2.05, 4.69) is 5.32 Å². The third-order valence-electron chi connectivity index (χ3n) is 2.65. The smallest absolute Gasteiger partial charge is 0.222 e. The van der Waals surface area contributed by atoms with E-state index in [1.165, 1.54) is 13.3 Å². The fraction of sp³-hybridized carbons (Fsp3) is 0.818. The second-order valence-corrected chi connectivity index (χ2v) is 4.03. The van der Waals surface area contributed by atoms with Crippen LogP contribution in [0.5, 0.6) is 0 Å². The number of likely N-dealkylation sites (tertiary alicyclic amines) is 1. The van der Waals surface area contributed by atoms with Crippen LogP contribution < -0.4 is 5.32 Å². The Labute approximate surface area is 91.0 Å². The molecule has 15 heavy (non-hydrogen) atoms. The van der Waals surface area contributed by atoms with E-state index >= 15 is 0 Å². The number of nitrogens with zero attached hydrogens (tertiary/aromatic N) is 1. The van der Waals surface area contributed by atoms with Gasteiger partial charge < -0.3 is 10.2 Å². The molecular weight excluding hydrogens is 192 g/mol. The summed E-state index contributed by atoms with van der Waals surface area (Å²) in [6, 6.07) is 0. The summed E-state index contributed by atoms with van der Waals surface area (Å²) in [6.45, 7) is 3.93. The van der Waals surface area contributed by atoms with Gasteiger partial charge in [0, 0.05) is 33.0 Å². The molecule has 4 heteroatoms. The molecule has 1 saturated heterocycles. The molecule has 1 aliphatic rings. The lowest BCUT2D eigenvalue weighted by atomic mass is 10.1. The second kappa shape index (κ2) is 6.43. The van der Waals surface area contributed by atoms with Crippen LogP contribution in [0.1, 0.15) is 39.0 Å². The number of carbonyl (C=O) groups is 2. The molecule has 0 bridgehead atoms. The van der Waals surface area contributed by atoms with E-state index in [1.54, 1.807) is 0 Å². The summed E-state index contributed by atoms with van der Waals surface area (Å²) in [6.07, 6.45) is 4.82. The average Bonchev–Trinajstić information content (AvgIpc) is 2.25. The lowest BCUT2D eigenvalue weighted by Crippen LogP contribution is -2.35. The molecule has 1 rings (SSSR count). The topological polar surface area (TPSA) is 49.4 Å². The molecule has 0 aromatic heterocycles. The van der Waals surface area contributed by atoms with E-state index < -0.39 is 0 Å². The highest BCUT2D eigenvalue weighted by Crippen LogP contribution is 2.10. The third kappa shape index (κ3) is 4.81. The zero-order valence-electron chi connectivity index (χ0n) is 9.42. The Morgan fingerprint density at radius 2 is 1.87 bits per heavy atom. The van der Waals surface area contributed by atoms with E-state index in [0.717, 1.165) is 32.4 Å². The highest BCUT2D eigenvalue weighted by molar-refractivity contribution is 5.76. The lowest BCUT2D eigenvalue weighted by molar-refractivity contribution is -0.132. The molecule has 0 radical (unpaired) electrons. The molecular formula is C11H20N2O2. The zero-order valence-corrected chi connectivity index (χ0v) is 9.42. The minimum Gasteiger partial charge on any atom is -0.356 e. The quantitative estimate of drug-likeness (QED) is 0.704. The highest BCUT2D eigenvalue weighted by Gasteiger charge is 2.15. The third-order valence-corrected chi connectivity index (χ3v) is 2.65. The van der Waals surface area contributed by atoms with Gasteiger partial charge in [0.25, 0.3) is 0 Å². The number of nitrogens with one attached hydrogen (secondary N) is 1. The van der Waals surface area contributed by atoms with Crippen LogP contribution in [0.2, 0.25) is 0 Å². The van der Waals surface area contributed by atoms with Gasteiger partial charge in [-0.1, -0.05) is 0 Å². The summed E-state index contributed by atoms with van der Waals surface area (Å²) in [5.74, 6) is 0.209. The number of carbonyl (C=O) groups excluding carboxylic acids is 2. The van der Waals surface area contributed by atoms with Gasteiger partial charge >= 0.3 is 0 Å². The Balaban J connectivity index is 2.09. The summed E-state index contributed by atoms with van der Waals surface area (Å²) in [5.41, 5.74) is 0. The van der Waals surface area contributed by atoms with Crippen molar-refractivity contribution in [1.82, 2.24) is 10.2 Å². The van der Waals surface area contributed by atoms with Crippen LogP contribution in [0.4, 0.5) is 0 Å². The minimum atomic E-state index is -0.0274. The summed E-state index contributed by atoms with van der Waals surface area (Å²) < 4.78 is 0. The molecule has 0 spiro atoms. The second-order valence-electron chi connectivity index (χ2n) is 4.03. The van der Waals surface area contributed by atoms with Crippen molar-refractivity contribution in [2.75, 3.05) is 19.6 Å². The molecule has 1 fully saturated rings. The maximum absolute atomic E-state index is 11.7. The van der Waals surface area contributed by atoms with E-state index in [-0.39, 0.29) is 11.8 Å². The van der Waals surface area contributed by atoms with Gasteiger partial charge in [-0.25, -0.2) is 0 Å². The number of hydrogen-bond acceptors (Lipinski definition) is 2. The predicted molar refractivity (Wildman–Crippen MR) is 58.3 cm³/mol.